The molecule has 0 unspecified atom stereocenters. The van der Waals surface area contributed by atoms with Crippen molar-refractivity contribution < 1.29 is 9.59 Å². The van der Waals surface area contributed by atoms with Crippen LogP contribution < -0.4 is 10.2 Å². The molecule has 1 fully saturated rings. The van der Waals surface area contributed by atoms with Crippen molar-refractivity contribution in [3.05, 3.63) is 103 Å². The lowest BCUT2D eigenvalue weighted by Gasteiger charge is -2.19. The van der Waals surface area contributed by atoms with E-state index in [9.17, 15) is 14.9 Å². The molecule has 4 rings (SSSR count). The van der Waals surface area contributed by atoms with Gasteiger partial charge in [0.1, 0.15) is 16.7 Å². The Kier molecular flexibility index (Phi) is 7.64. The third-order valence-corrected chi connectivity index (χ3v) is 7.28. The minimum absolute atomic E-state index is 0.148. The first kappa shape index (κ1) is 24.4. The highest BCUT2D eigenvalue weighted by Crippen LogP contribution is 2.42. The van der Waals surface area contributed by atoms with Crippen LogP contribution in [-0.2, 0) is 16.0 Å². The van der Waals surface area contributed by atoms with Gasteiger partial charge in [0.15, 0.2) is 0 Å². The number of nitrogens with one attached hydrogen (secondary N) is 1. The highest BCUT2D eigenvalue weighted by Gasteiger charge is 2.40. The minimum atomic E-state index is -0.606. The predicted octanol–water partition coefficient (Wildman–Crippen LogP) is 6.82. The summed E-state index contributed by atoms with van der Waals surface area (Å²) in [6.07, 6.45) is 0.401. The van der Waals surface area contributed by atoms with Crippen LogP contribution in [0.1, 0.15) is 5.56 Å². The van der Waals surface area contributed by atoms with Gasteiger partial charge in [-0.2, -0.15) is 5.26 Å². The Morgan fingerprint density at radius 2 is 1.76 bits per heavy atom. The first-order valence-corrected chi connectivity index (χ1v) is 12.5. The summed E-state index contributed by atoms with van der Waals surface area (Å²) in [5, 5.41) is 13.5. The van der Waals surface area contributed by atoms with E-state index in [-0.39, 0.29) is 16.5 Å². The lowest BCUT2D eigenvalue weighted by Crippen LogP contribution is -2.30. The van der Waals surface area contributed by atoms with Crippen LogP contribution in [0.15, 0.2) is 87.9 Å². The summed E-state index contributed by atoms with van der Waals surface area (Å²) in [5.41, 5.74) is 1.79. The Morgan fingerprint density at radius 1 is 1.06 bits per heavy atom. The zero-order valence-corrected chi connectivity index (χ0v) is 21.4. The van der Waals surface area contributed by atoms with Crippen molar-refractivity contribution in [2.75, 3.05) is 10.2 Å². The first-order chi connectivity index (χ1) is 16.4. The summed E-state index contributed by atoms with van der Waals surface area (Å²) in [6.45, 7) is 0. The highest BCUT2D eigenvalue weighted by atomic mass is 79.9. The predicted molar refractivity (Wildman–Crippen MR) is 141 cm³/mol. The molecule has 0 saturated carbocycles. The normalized spacial score (nSPS) is 16.8. The van der Waals surface area contributed by atoms with Gasteiger partial charge in [-0.15, -0.1) is 0 Å². The SMILES string of the molecule is N#C/C(C(=O)Nc1ccc(Cl)cc1)=C1/S[C@@H](Cc2cccc(Cl)c2)C(=O)N1c1ccc(Br)cc1. The average Bonchev–Trinajstić information content (AvgIpc) is 3.12. The van der Waals surface area contributed by atoms with Gasteiger partial charge in [-0.1, -0.05) is 63.0 Å². The molecule has 0 radical (unpaired) electrons. The van der Waals surface area contributed by atoms with Gasteiger partial charge < -0.3 is 5.32 Å². The average molecular weight is 573 g/mol. The van der Waals surface area contributed by atoms with Crippen molar-refractivity contribution in [1.82, 2.24) is 0 Å². The number of nitriles is 1. The van der Waals surface area contributed by atoms with Crippen LogP contribution in [0.5, 0.6) is 0 Å². The maximum absolute atomic E-state index is 13.5. The molecule has 9 heteroatoms. The van der Waals surface area contributed by atoms with Crippen molar-refractivity contribution >= 4 is 74.1 Å². The molecule has 34 heavy (non-hydrogen) atoms. The number of benzene rings is 3. The summed E-state index contributed by atoms with van der Waals surface area (Å²) in [4.78, 5) is 28.0. The van der Waals surface area contributed by atoms with E-state index in [2.05, 4.69) is 21.2 Å². The molecule has 1 heterocycles. The monoisotopic (exact) mass is 571 g/mol. The Labute approximate surface area is 219 Å². The number of amides is 2. The van der Waals surface area contributed by atoms with E-state index in [0.29, 0.717) is 27.8 Å². The molecule has 2 amide bonds. The number of rotatable bonds is 5. The van der Waals surface area contributed by atoms with Crippen LogP contribution in [0, 0.1) is 11.3 Å². The molecule has 1 atom stereocenters. The van der Waals surface area contributed by atoms with Crippen molar-refractivity contribution in [3.8, 4) is 6.07 Å². The quantitative estimate of drug-likeness (QED) is 0.269. The third kappa shape index (κ3) is 5.48. The molecule has 0 spiro atoms. The van der Waals surface area contributed by atoms with Crippen LogP contribution in [0.4, 0.5) is 11.4 Å². The molecule has 0 aromatic heterocycles. The molecule has 3 aromatic carbocycles. The number of nitrogens with zero attached hydrogens (tertiary/aromatic N) is 2. The van der Waals surface area contributed by atoms with Gasteiger partial charge in [-0.3, -0.25) is 14.5 Å². The van der Waals surface area contributed by atoms with Crippen LogP contribution in [-0.4, -0.2) is 17.1 Å². The third-order valence-electron chi connectivity index (χ3n) is 5.00. The fourth-order valence-corrected chi connectivity index (χ4v) is 5.33. The Morgan fingerprint density at radius 3 is 2.41 bits per heavy atom. The van der Waals surface area contributed by atoms with Crippen molar-refractivity contribution in [2.45, 2.75) is 11.7 Å². The van der Waals surface area contributed by atoms with E-state index in [1.165, 1.54) is 16.7 Å². The van der Waals surface area contributed by atoms with Crippen LogP contribution in [0.2, 0.25) is 10.0 Å². The highest BCUT2D eigenvalue weighted by molar-refractivity contribution is 9.10. The standard InChI is InChI=1S/C25H16BrCl2N3O2S/c26-16-4-10-20(11-5-16)31-24(33)22(13-15-2-1-3-18(28)12-15)34-25(31)21(14-29)23(32)30-19-8-6-17(27)7-9-19/h1-12,22H,13H2,(H,30,32)/b25-21-/t22-/m0/s1. The molecular weight excluding hydrogens is 557 g/mol. The lowest BCUT2D eigenvalue weighted by atomic mass is 10.1. The van der Waals surface area contributed by atoms with Gasteiger partial charge in [0, 0.05) is 25.9 Å². The number of hydrogen-bond donors (Lipinski definition) is 1. The summed E-state index contributed by atoms with van der Waals surface area (Å²) in [7, 11) is 0. The van der Waals surface area contributed by atoms with Crippen molar-refractivity contribution in [2.24, 2.45) is 0 Å². The number of carbonyl (C=O) groups excluding carboxylic acids is 2. The molecular formula is C25H16BrCl2N3O2S. The topological polar surface area (TPSA) is 73.2 Å². The molecule has 170 valence electrons. The Balaban J connectivity index is 1.72. The molecule has 1 saturated heterocycles. The van der Waals surface area contributed by atoms with E-state index in [1.807, 2.05) is 18.2 Å². The Hall–Kier alpha value is -2.76. The van der Waals surface area contributed by atoms with Gasteiger partial charge in [-0.05, 0) is 72.6 Å². The lowest BCUT2D eigenvalue weighted by molar-refractivity contribution is -0.117. The largest absolute Gasteiger partial charge is 0.321 e. The van der Waals surface area contributed by atoms with Gasteiger partial charge >= 0.3 is 0 Å². The summed E-state index contributed by atoms with van der Waals surface area (Å²) in [6, 6.07) is 23.0. The number of thioether (sulfide) groups is 1. The smallest absolute Gasteiger partial charge is 0.269 e. The number of halogens is 3. The summed E-state index contributed by atoms with van der Waals surface area (Å²) in [5.74, 6) is -0.819. The molecule has 0 bridgehead atoms. The van der Waals surface area contributed by atoms with Gasteiger partial charge in [0.05, 0.1) is 5.25 Å². The Bertz CT molecular complexity index is 1320. The van der Waals surface area contributed by atoms with E-state index in [4.69, 9.17) is 23.2 Å². The van der Waals surface area contributed by atoms with Gasteiger partial charge in [0.2, 0.25) is 5.91 Å². The number of anilines is 2. The second-order valence-corrected chi connectivity index (χ2v) is 10.3. The van der Waals surface area contributed by atoms with E-state index < -0.39 is 11.2 Å². The van der Waals surface area contributed by atoms with Crippen LogP contribution >= 0.6 is 50.9 Å². The van der Waals surface area contributed by atoms with E-state index in [1.54, 1.807) is 60.7 Å². The first-order valence-electron chi connectivity index (χ1n) is 10.1. The van der Waals surface area contributed by atoms with E-state index in [0.717, 1.165) is 10.0 Å². The molecule has 3 aromatic rings. The minimum Gasteiger partial charge on any atom is -0.321 e. The second kappa shape index (κ2) is 10.7. The molecule has 0 aliphatic carbocycles. The summed E-state index contributed by atoms with van der Waals surface area (Å²) < 4.78 is 0.845. The van der Waals surface area contributed by atoms with Crippen LogP contribution in [0.3, 0.4) is 0 Å². The van der Waals surface area contributed by atoms with Gasteiger partial charge in [0.25, 0.3) is 5.91 Å². The molecule has 1 aliphatic rings. The fourth-order valence-electron chi connectivity index (χ4n) is 3.42. The number of carbonyl (C=O) groups is 2. The van der Waals surface area contributed by atoms with E-state index >= 15 is 0 Å². The zero-order valence-electron chi connectivity index (χ0n) is 17.5. The molecule has 5 nitrogen and oxygen atoms in total. The number of hydrogen-bond acceptors (Lipinski definition) is 4. The maximum atomic E-state index is 13.5. The van der Waals surface area contributed by atoms with Crippen molar-refractivity contribution in [1.29, 1.82) is 5.26 Å². The second-order valence-electron chi connectivity index (χ2n) is 7.34. The fraction of sp³-hybridized carbons (Fsp3) is 0.0800. The maximum Gasteiger partial charge on any atom is 0.269 e. The summed E-state index contributed by atoms with van der Waals surface area (Å²) >= 11 is 16.6. The van der Waals surface area contributed by atoms with Crippen molar-refractivity contribution in [3.63, 3.8) is 0 Å². The van der Waals surface area contributed by atoms with Gasteiger partial charge in [-0.25, -0.2) is 0 Å². The van der Waals surface area contributed by atoms with Crippen LogP contribution in [0.25, 0.3) is 0 Å². The molecule has 1 N–H and O–H groups in total. The molecule has 1 aliphatic heterocycles. The zero-order chi connectivity index (χ0) is 24.2.